The molecule has 0 saturated carbocycles. The Morgan fingerprint density at radius 1 is 1.25 bits per heavy atom. The third kappa shape index (κ3) is 4.06. The van der Waals surface area contributed by atoms with Crippen LogP contribution in [-0.2, 0) is 0 Å². The summed E-state index contributed by atoms with van der Waals surface area (Å²) in [6.07, 6.45) is 0. The van der Waals surface area contributed by atoms with Crippen LogP contribution >= 0.6 is 11.5 Å². The molecule has 5 heteroatoms. The van der Waals surface area contributed by atoms with Crippen LogP contribution in [0.4, 0.5) is 5.13 Å². The van der Waals surface area contributed by atoms with Crippen LogP contribution in [0.3, 0.4) is 0 Å². The highest BCUT2D eigenvalue weighted by Gasteiger charge is 2.12. The Morgan fingerprint density at radius 3 is 2.31 bits per heavy atom. The van der Waals surface area contributed by atoms with Gasteiger partial charge in [-0.25, -0.2) is 4.98 Å². The molecule has 0 bridgehead atoms. The van der Waals surface area contributed by atoms with Gasteiger partial charge in [-0.3, -0.25) is 4.90 Å². The van der Waals surface area contributed by atoms with Crippen molar-refractivity contribution in [3.05, 3.63) is 5.82 Å². The molecule has 0 aliphatic carbocycles. The summed E-state index contributed by atoms with van der Waals surface area (Å²) >= 11 is 1.43. The highest BCUT2D eigenvalue weighted by Crippen LogP contribution is 2.10. The highest BCUT2D eigenvalue weighted by molar-refractivity contribution is 7.09. The summed E-state index contributed by atoms with van der Waals surface area (Å²) in [6, 6.07) is 1.16. The predicted molar refractivity (Wildman–Crippen MR) is 70.1 cm³/mol. The number of hydrogen-bond donors (Lipinski definition) is 1. The molecular weight excluding hydrogens is 220 g/mol. The Morgan fingerprint density at radius 2 is 1.88 bits per heavy atom. The van der Waals surface area contributed by atoms with Crippen LogP contribution in [0.1, 0.15) is 33.5 Å². The molecule has 92 valence electrons. The molecule has 16 heavy (non-hydrogen) atoms. The molecule has 1 rings (SSSR count). The molecule has 0 spiro atoms. The van der Waals surface area contributed by atoms with Crippen LogP contribution < -0.4 is 5.32 Å². The van der Waals surface area contributed by atoms with Gasteiger partial charge in [0.15, 0.2) is 0 Å². The molecule has 1 aromatic rings. The van der Waals surface area contributed by atoms with E-state index in [0.717, 1.165) is 24.0 Å². The molecule has 0 aliphatic heterocycles. The lowest BCUT2D eigenvalue weighted by molar-refractivity contribution is 0.182. The average molecular weight is 242 g/mol. The molecule has 0 aliphatic rings. The SMILES string of the molecule is Cc1nsc(NCCN(C(C)C)C(C)C)n1. The minimum absolute atomic E-state index is 0.581. The Balaban J connectivity index is 2.33. The molecule has 0 aromatic carbocycles. The average Bonchev–Trinajstić information content (AvgIpc) is 2.57. The van der Waals surface area contributed by atoms with Crippen molar-refractivity contribution in [3.8, 4) is 0 Å². The van der Waals surface area contributed by atoms with Gasteiger partial charge in [-0.05, 0) is 34.6 Å². The second-order valence-electron chi connectivity index (χ2n) is 4.50. The minimum Gasteiger partial charge on any atom is -0.359 e. The molecule has 0 fully saturated rings. The normalized spacial score (nSPS) is 11.8. The summed E-state index contributed by atoms with van der Waals surface area (Å²) in [5.74, 6) is 0.845. The van der Waals surface area contributed by atoms with Gasteiger partial charge in [-0.1, -0.05) is 0 Å². The summed E-state index contributed by atoms with van der Waals surface area (Å²) < 4.78 is 4.14. The van der Waals surface area contributed by atoms with Crippen LogP contribution in [0.15, 0.2) is 0 Å². The topological polar surface area (TPSA) is 41.1 Å². The summed E-state index contributed by atoms with van der Waals surface area (Å²) in [5.41, 5.74) is 0. The van der Waals surface area contributed by atoms with E-state index in [9.17, 15) is 0 Å². The van der Waals surface area contributed by atoms with Crippen LogP contribution in [0.25, 0.3) is 0 Å². The Labute approximate surface area is 102 Å². The maximum atomic E-state index is 4.28. The van der Waals surface area contributed by atoms with Crippen molar-refractivity contribution in [3.63, 3.8) is 0 Å². The second-order valence-corrected chi connectivity index (χ2v) is 5.25. The number of anilines is 1. The number of hydrogen-bond acceptors (Lipinski definition) is 5. The van der Waals surface area contributed by atoms with E-state index in [1.54, 1.807) is 0 Å². The predicted octanol–water partition coefficient (Wildman–Crippen LogP) is 2.38. The molecule has 0 amide bonds. The van der Waals surface area contributed by atoms with Crippen LogP contribution in [-0.4, -0.2) is 39.4 Å². The zero-order valence-corrected chi connectivity index (χ0v) is 11.6. The van der Waals surface area contributed by atoms with Gasteiger partial charge >= 0.3 is 0 Å². The van der Waals surface area contributed by atoms with E-state index in [-0.39, 0.29) is 0 Å². The molecule has 1 aromatic heterocycles. The smallest absolute Gasteiger partial charge is 0.202 e. The first-order valence-electron chi connectivity index (χ1n) is 5.80. The molecule has 0 saturated heterocycles. The number of aryl methyl sites for hydroxylation is 1. The lowest BCUT2D eigenvalue weighted by Gasteiger charge is -2.30. The fourth-order valence-corrected chi connectivity index (χ4v) is 2.37. The largest absolute Gasteiger partial charge is 0.359 e. The molecule has 0 unspecified atom stereocenters. The minimum atomic E-state index is 0.581. The van der Waals surface area contributed by atoms with Gasteiger partial charge in [0.1, 0.15) is 5.82 Å². The van der Waals surface area contributed by atoms with Gasteiger partial charge in [-0.15, -0.1) is 0 Å². The first-order valence-corrected chi connectivity index (χ1v) is 6.58. The summed E-state index contributed by atoms with van der Waals surface area (Å²) in [4.78, 5) is 6.73. The van der Waals surface area contributed by atoms with E-state index in [2.05, 4.69) is 47.3 Å². The van der Waals surface area contributed by atoms with Crippen molar-refractivity contribution in [2.45, 2.75) is 46.7 Å². The van der Waals surface area contributed by atoms with E-state index < -0.39 is 0 Å². The standard InChI is InChI=1S/C11H22N4S/c1-8(2)15(9(3)4)7-6-12-11-13-10(5)14-16-11/h8-9H,6-7H2,1-5H3,(H,12,13,14). The Kier molecular flexibility index (Phi) is 5.15. The highest BCUT2D eigenvalue weighted by atomic mass is 32.1. The number of rotatable bonds is 6. The zero-order chi connectivity index (χ0) is 12.1. The maximum Gasteiger partial charge on any atom is 0.202 e. The van der Waals surface area contributed by atoms with E-state index in [4.69, 9.17) is 0 Å². The van der Waals surface area contributed by atoms with E-state index in [1.807, 2.05) is 6.92 Å². The summed E-state index contributed by atoms with van der Waals surface area (Å²) in [6.45, 7) is 12.8. The van der Waals surface area contributed by atoms with Crippen LogP contribution in [0.2, 0.25) is 0 Å². The molecule has 0 atom stereocenters. The first kappa shape index (κ1) is 13.4. The van der Waals surface area contributed by atoms with Crippen molar-refractivity contribution in [2.24, 2.45) is 0 Å². The summed E-state index contributed by atoms with van der Waals surface area (Å²) in [7, 11) is 0. The Bertz CT molecular complexity index is 301. The van der Waals surface area contributed by atoms with Gasteiger partial charge in [0.2, 0.25) is 5.13 Å². The summed E-state index contributed by atoms with van der Waals surface area (Å²) in [5, 5.41) is 4.23. The second kappa shape index (κ2) is 6.15. The monoisotopic (exact) mass is 242 g/mol. The van der Waals surface area contributed by atoms with Crippen LogP contribution in [0, 0.1) is 6.92 Å². The molecule has 4 nitrogen and oxygen atoms in total. The van der Waals surface area contributed by atoms with Crippen molar-refractivity contribution in [2.75, 3.05) is 18.4 Å². The Hall–Kier alpha value is -0.680. The lowest BCUT2D eigenvalue weighted by atomic mass is 10.2. The molecule has 0 radical (unpaired) electrons. The lowest BCUT2D eigenvalue weighted by Crippen LogP contribution is -2.40. The maximum absolute atomic E-state index is 4.28. The number of nitrogens with one attached hydrogen (secondary N) is 1. The van der Waals surface area contributed by atoms with Crippen molar-refractivity contribution >= 4 is 16.7 Å². The zero-order valence-electron chi connectivity index (χ0n) is 10.8. The van der Waals surface area contributed by atoms with Gasteiger partial charge in [-0.2, -0.15) is 4.37 Å². The fraction of sp³-hybridized carbons (Fsp3) is 0.818. The fourth-order valence-electron chi connectivity index (χ4n) is 1.77. The van der Waals surface area contributed by atoms with Crippen molar-refractivity contribution in [1.29, 1.82) is 0 Å². The number of nitrogens with zero attached hydrogens (tertiary/aromatic N) is 3. The van der Waals surface area contributed by atoms with Gasteiger partial charge in [0, 0.05) is 36.7 Å². The first-order chi connectivity index (χ1) is 7.50. The third-order valence-electron chi connectivity index (χ3n) is 2.50. The van der Waals surface area contributed by atoms with Gasteiger partial charge < -0.3 is 5.32 Å². The van der Waals surface area contributed by atoms with E-state index in [0.29, 0.717) is 12.1 Å². The molecule has 1 N–H and O–H groups in total. The third-order valence-corrected chi connectivity index (χ3v) is 3.26. The van der Waals surface area contributed by atoms with E-state index >= 15 is 0 Å². The molecular formula is C11H22N4S. The van der Waals surface area contributed by atoms with Crippen molar-refractivity contribution in [1.82, 2.24) is 14.3 Å². The van der Waals surface area contributed by atoms with E-state index in [1.165, 1.54) is 11.5 Å². The number of aromatic nitrogens is 2. The molecule has 1 heterocycles. The van der Waals surface area contributed by atoms with Gasteiger partial charge in [0.05, 0.1) is 0 Å². The van der Waals surface area contributed by atoms with Crippen LogP contribution in [0.5, 0.6) is 0 Å². The van der Waals surface area contributed by atoms with Gasteiger partial charge in [0.25, 0.3) is 0 Å². The quantitative estimate of drug-likeness (QED) is 0.831. The van der Waals surface area contributed by atoms with Crippen molar-refractivity contribution < 1.29 is 0 Å².